The summed E-state index contributed by atoms with van der Waals surface area (Å²) in [5.74, 6) is -0.0748. The number of benzene rings is 2. The highest BCUT2D eigenvalue weighted by atomic mass is 35.6. The first-order valence-electron chi connectivity index (χ1n) is 13.3. The molecule has 7 nitrogen and oxygen atoms in total. The average molecular weight is 612 g/mol. The van der Waals surface area contributed by atoms with Crippen molar-refractivity contribution in [2.24, 2.45) is 0 Å². The second-order valence-corrected chi connectivity index (χ2v) is 13.6. The van der Waals surface area contributed by atoms with Gasteiger partial charge in [0.1, 0.15) is 12.2 Å². The molecule has 218 valence electrons. The van der Waals surface area contributed by atoms with Crippen LogP contribution >= 0.6 is 34.8 Å². The summed E-state index contributed by atoms with van der Waals surface area (Å²) in [7, 11) is 0. The van der Waals surface area contributed by atoms with Gasteiger partial charge in [0.25, 0.3) is 0 Å². The Balaban J connectivity index is 1.81. The minimum atomic E-state index is -1.78. The van der Waals surface area contributed by atoms with Crippen LogP contribution in [0.1, 0.15) is 56.7 Å². The van der Waals surface area contributed by atoms with Crippen molar-refractivity contribution in [3.8, 4) is 0 Å². The molecule has 0 radical (unpaired) electrons. The first kappa shape index (κ1) is 32.0. The van der Waals surface area contributed by atoms with E-state index in [1.165, 1.54) is 9.80 Å². The van der Waals surface area contributed by atoms with Crippen molar-refractivity contribution in [1.29, 1.82) is 0 Å². The van der Waals surface area contributed by atoms with Crippen LogP contribution in [0.25, 0.3) is 0 Å². The summed E-state index contributed by atoms with van der Waals surface area (Å²) in [6.07, 6.45) is 0.640. The number of carbonyl (C=O) groups excluding carboxylic acids is 3. The number of hydrogen-bond donors (Lipinski definition) is 0. The summed E-state index contributed by atoms with van der Waals surface area (Å²) in [4.78, 5) is 42.9. The van der Waals surface area contributed by atoms with Crippen molar-refractivity contribution in [2.45, 2.75) is 81.4 Å². The predicted molar refractivity (Wildman–Crippen MR) is 158 cm³/mol. The van der Waals surface area contributed by atoms with Gasteiger partial charge in [-0.25, -0.2) is 9.59 Å². The zero-order chi connectivity index (χ0) is 29.5. The fraction of sp³-hybridized carbons (Fsp3) is 0.500. The van der Waals surface area contributed by atoms with E-state index in [0.29, 0.717) is 12.8 Å². The molecule has 10 heteroatoms. The number of halogens is 3. The first-order valence-corrected chi connectivity index (χ1v) is 14.5. The molecule has 0 bridgehead atoms. The lowest BCUT2D eigenvalue weighted by Gasteiger charge is -2.30. The summed E-state index contributed by atoms with van der Waals surface area (Å²) in [5, 5.41) is 0. The van der Waals surface area contributed by atoms with E-state index in [2.05, 4.69) is 0 Å². The fourth-order valence-corrected chi connectivity index (χ4v) is 4.77. The molecular weight excluding hydrogens is 575 g/mol. The summed E-state index contributed by atoms with van der Waals surface area (Å²) in [6, 6.07) is 16.4. The number of amides is 2. The lowest BCUT2D eigenvalue weighted by atomic mass is 10.0. The van der Waals surface area contributed by atoms with E-state index in [0.717, 1.165) is 23.1 Å². The van der Waals surface area contributed by atoms with Crippen LogP contribution in [-0.4, -0.2) is 62.4 Å². The van der Waals surface area contributed by atoms with E-state index in [-0.39, 0.29) is 25.3 Å². The highest BCUT2D eigenvalue weighted by Gasteiger charge is 2.44. The molecule has 1 fully saturated rings. The Kier molecular flexibility index (Phi) is 11.2. The second-order valence-electron chi connectivity index (χ2n) is 11.1. The van der Waals surface area contributed by atoms with E-state index in [1.54, 1.807) is 20.8 Å². The van der Waals surface area contributed by atoms with Gasteiger partial charge in [0.2, 0.25) is 3.79 Å². The van der Waals surface area contributed by atoms with Crippen LogP contribution in [0.5, 0.6) is 0 Å². The Morgan fingerprint density at radius 2 is 1.62 bits per heavy atom. The number of nitrogens with zero attached hydrogens (tertiary/aromatic N) is 2. The number of hydrogen-bond acceptors (Lipinski definition) is 5. The monoisotopic (exact) mass is 610 g/mol. The molecule has 2 aromatic carbocycles. The highest BCUT2D eigenvalue weighted by Crippen LogP contribution is 2.30. The maximum atomic E-state index is 13.5. The van der Waals surface area contributed by atoms with Gasteiger partial charge in [-0.2, -0.15) is 0 Å². The van der Waals surface area contributed by atoms with Crippen LogP contribution in [0, 0.1) is 6.92 Å². The van der Waals surface area contributed by atoms with E-state index in [4.69, 9.17) is 44.3 Å². The van der Waals surface area contributed by atoms with Crippen LogP contribution < -0.4 is 0 Å². The number of alkyl halides is 3. The Morgan fingerprint density at radius 3 is 2.23 bits per heavy atom. The number of Topliss-reactive ketones (excluding diaryl/α,β-unsaturated/α-hetero) is 1. The van der Waals surface area contributed by atoms with E-state index in [9.17, 15) is 14.4 Å². The quantitative estimate of drug-likeness (QED) is 0.279. The second kappa shape index (κ2) is 13.9. The largest absolute Gasteiger partial charge is 0.445 e. The van der Waals surface area contributed by atoms with Gasteiger partial charge in [-0.05, 0) is 58.1 Å². The van der Waals surface area contributed by atoms with Crippen molar-refractivity contribution in [3.63, 3.8) is 0 Å². The molecule has 1 saturated heterocycles. The number of aryl methyl sites for hydroxylation is 2. The van der Waals surface area contributed by atoms with Gasteiger partial charge in [0.05, 0.1) is 12.1 Å². The van der Waals surface area contributed by atoms with Crippen molar-refractivity contribution < 1.29 is 23.9 Å². The van der Waals surface area contributed by atoms with Crippen LogP contribution in [0.2, 0.25) is 0 Å². The third-order valence-electron chi connectivity index (χ3n) is 6.52. The lowest BCUT2D eigenvalue weighted by molar-refractivity contribution is -0.123. The molecule has 0 saturated carbocycles. The van der Waals surface area contributed by atoms with Crippen molar-refractivity contribution >= 4 is 52.8 Å². The van der Waals surface area contributed by atoms with Crippen molar-refractivity contribution in [2.75, 3.05) is 13.2 Å². The topological polar surface area (TPSA) is 76.2 Å². The fourth-order valence-electron chi connectivity index (χ4n) is 4.60. The molecule has 0 aliphatic carbocycles. The highest BCUT2D eigenvalue weighted by molar-refractivity contribution is 6.67. The van der Waals surface area contributed by atoms with Gasteiger partial charge in [-0.15, -0.1) is 0 Å². The first-order chi connectivity index (χ1) is 18.7. The molecule has 1 heterocycles. The summed E-state index contributed by atoms with van der Waals surface area (Å²) in [5.41, 5.74) is 2.33. The molecule has 0 aromatic heterocycles. The summed E-state index contributed by atoms with van der Waals surface area (Å²) >= 11 is 17.5. The zero-order valence-corrected chi connectivity index (χ0v) is 25.6. The Hall–Kier alpha value is -2.48. The molecule has 2 amide bonds. The SMILES string of the molecule is Cc1ccc(CN(C(=O)OCC(Cl)(Cl)Cl)[C@H]2C[C@@H](C(=O)CCCc3ccccc3)N(C(=O)OC(C)(C)C)C2)cc1. The predicted octanol–water partition coefficient (Wildman–Crippen LogP) is 7.27. The van der Waals surface area contributed by atoms with E-state index >= 15 is 0 Å². The molecule has 1 aliphatic rings. The minimum Gasteiger partial charge on any atom is -0.445 e. The summed E-state index contributed by atoms with van der Waals surface area (Å²) in [6.45, 7) is 7.15. The van der Waals surface area contributed by atoms with Crippen LogP contribution in [-0.2, 0) is 27.2 Å². The van der Waals surface area contributed by atoms with Crippen LogP contribution in [0.15, 0.2) is 54.6 Å². The Labute approximate surface area is 251 Å². The van der Waals surface area contributed by atoms with Gasteiger partial charge >= 0.3 is 12.2 Å². The zero-order valence-electron chi connectivity index (χ0n) is 23.4. The van der Waals surface area contributed by atoms with E-state index in [1.807, 2.05) is 61.5 Å². The Bertz CT molecular complexity index is 1150. The van der Waals surface area contributed by atoms with Gasteiger partial charge in [-0.1, -0.05) is 95.0 Å². The Morgan fingerprint density at radius 1 is 0.975 bits per heavy atom. The molecule has 40 heavy (non-hydrogen) atoms. The molecule has 0 N–H and O–H groups in total. The van der Waals surface area contributed by atoms with E-state index < -0.39 is 40.3 Å². The van der Waals surface area contributed by atoms with Crippen LogP contribution in [0.3, 0.4) is 0 Å². The molecular formula is C30H37Cl3N2O5. The molecule has 0 unspecified atom stereocenters. The maximum Gasteiger partial charge on any atom is 0.410 e. The standard InChI is InChI=1S/C30H37Cl3N2O5/c1-21-13-15-23(16-14-21)18-34(27(37)39-20-30(31,32)33)24-17-25(35(19-24)28(38)40-29(2,3)4)26(36)12-8-11-22-9-6-5-7-10-22/h5-7,9-10,13-16,24-25H,8,11-12,17-20H2,1-4H3/t24-,25-/m0/s1. The lowest BCUT2D eigenvalue weighted by Crippen LogP contribution is -2.45. The van der Waals surface area contributed by atoms with Crippen LogP contribution in [0.4, 0.5) is 9.59 Å². The van der Waals surface area contributed by atoms with Gasteiger partial charge < -0.3 is 9.47 Å². The smallest absolute Gasteiger partial charge is 0.410 e. The minimum absolute atomic E-state index is 0.0748. The average Bonchev–Trinajstić information content (AvgIpc) is 3.32. The summed E-state index contributed by atoms with van der Waals surface area (Å²) < 4.78 is 9.19. The molecule has 2 aromatic rings. The van der Waals surface area contributed by atoms with Crippen molar-refractivity contribution in [1.82, 2.24) is 9.80 Å². The maximum absolute atomic E-state index is 13.5. The molecule has 1 aliphatic heterocycles. The van der Waals surface area contributed by atoms with Gasteiger partial charge in [-0.3, -0.25) is 14.6 Å². The number of ether oxygens (including phenoxy) is 2. The normalized spacial score (nSPS) is 17.4. The molecule has 2 atom stereocenters. The third-order valence-corrected chi connectivity index (χ3v) is 6.85. The number of carbonyl (C=O) groups is 3. The number of likely N-dealkylation sites (tertiary alicyclic amines) is 1. The van der Waals surface area contributed by atoms with Crippen molar-refractivity contribution in [3.05, 3.63) is 71.3 Å². The molecule has 3 rings (SSSR count). The van der Waals surface area contributed by atoms with Gasteiger partial charge in [0, 0.05) is 19.5 Å². The molecule has 0 spiro atoms. The number of ketones is 1. The third kappa shape index (κ3) is 10.2. The van der Waals surface area contributed by atoms with Gasteiger partial charge in [0.15, 0.2) is 5.78 Å². The number of rotatable bonds is 9.